The highest BCUT2D eigenvalue weighted by Gasteiger charge is 2.34. The first-order valence-electron chi connectivity index (χ1n) is 8.81. The van der Waals surface area contributed by atoms with E-state index in [0.29, 0.717) is 29.5 Å². The minimum absolute atomic E-state index is 0.112. The van der Waals surface area contributed by atoms with Crippen LogP contribution in [0.1, 0.15) is 38.4 Å². The van der Waals surface area contributed by atoms with Crippen molar-refractivity contribution in [2.24, 2.45) is 5.92 Å². The predicted octanol–water partition coefficient (Wildman–Crippen LogP) is 3.53. The topological polar surface area (TPSA) is 84.3 Å². The second-order valence-electron chi connectivity index (χ2n) is 6.96. The number of amides is 1. The molecule has 148 valence electrons. The van der Waals surface area contributed by atoms with Crippen LogP contribution in [0.15, 0.2) is 22.4 Å². The van der Waals surface area contributed by atoms with Gasteiger partial charge in [-0.3, -0.25) is 4.79 Å². The summed E-state index contributed by atoms with van der Waals surface area (Å²) in [4.78, 5) is 12.8. The van der Waals surface area contributed by atoms with E-state index in [2.05, 4.69) is 10.4 Å². The summed E-state index contributed by atoms with van der Waals surface area (Å²) >= 11 is 6.91. The molecule has 1 atom stereocenters. The van der Waals surface area contributed by atoms with Gasteiger partial charge in [0.25, 0.3) is 10.0 Å². The SMILES string of the molecule is Cc1cc(NC(=O)C2CCCN(S(=O)(=O)c3ccc(Cl)s3)C2)n(C(C)C)n1. The molecule has 2 aromatic heterocycles. The lowest BCUT2D eigenvalue weighted by Gasteiger charge is -2.30. The van der Waals surface area contributed by atoms with Crippen LogP contribution in [-0.4, -0.2) is 41.5 Å². The molecule has 2 aromatic rings. The molecule has 1 amide bonds. The minimum Gasteiger partial charge on any atom is -0.311 e. The summed E-state index contributed by atoms with van der Waals surface area (Å²) in [5, 5.41) is 7.31. The Hall–Kier alpha value is -1.42. The van der Waals surface area contributed by atoms with Crippen molar-refractivity contribution in [3.05, 3.63) is 28.2 Å². The smallest absolute Gasteiger partial charge is 0.252 e. The molecular formula is C17H23ClN4O3S2. The van der Waals surface area contributed by atoms with Gasteiger partial charge in [0.2, 0.25) is 5.91 Å². The normalized spacial score (nSPS) is 18.8. The van der Waals surface area contributed by atoms with Gasteiger partial charge in [0.15, 0.2) is 0 Å². The van der Waals surface area contributed by atoms with Crippen molar-refractivity contribution in [1.82, 2.24) is 14.1 Å². The number of thiophene rings is 1. The highest BCUT2D eigenvalue weighted by Crippen LogP contribution is 2.31. The lowest BCUT2D eigenvalue weighted by molar-refractivity contribution is -0.120. The Morgan fingerprint density at radius 2 is 2.15 bits per heavy atom. The van der Waals surface area contributed by atoms with E-state index in [1.54, 1.807) is 10.7 Å². The van der Waals surface area contributed by atoms with E-state index in [9.17, 15) is 13.2 Å². The fourth-order valence-electron chi connectivity index (χ4n) is 3.17. The number of anilines is 1. The summed E-state index contributed by atoms with van der Waals surface area (Å²) in [7, 11) is -3.63. The summed E-state index contributed by atoms with van der Waals surface area (Å²) in [5.41, 5.74) is 0.821. The Morgan fingerprint density at radius 1 is 1.41 bits per heavy atom. The number of hydrogen-bond acceptors (Lipinski definition) is 5. The van der Waals surface area contributed by atoms with Gasteiger partial charge < -0.3 is 5.32 Å². The number of rotatable bonds is 5. The number of aromatic nitrogens is 2. The molecular weight excluding hydrogens is 408 g/mol. The summed E-state index contributed by atoms with van der Waals surface area (Å²) in [6.07, 6.45) is 1.29. The van der Waals surface area contributed by atoms with Crippen molar-refractivity contribution in [2.75, 3.05) is 18.4 Å². The molecule has 27 heavy (non-hydrogen) atoms. The quantitative estimate of drug-likeness (QED) is 0.786. The molecule has 10 heteroatoms. The molecule has 1 fully saturated rings. The van der Waals surface area contributed by atoms with Gasteiger partial charge in [-0.1, -0.05) is 11.6 Å². The van der Waals surface area contributed by atoms with Gasteiger partial charge in [-0.15, -0.1) is 11.3 Å². The second kappa shape index (κ2) is 7.90. The van der Waals surface area contributed by atoms with Gasteiger partial charge in [0.05, 0.1) is 15.9 Å². The highest BCUT2D eigenvalue weighted by molar-refractivity contribution is 7.91. The maximum absolute atomic E-state index is 12.8. The third-order valence-electron chi connectivity index (χ3n) is 4.50. The molecule has 0 aliphatic carbocycles. The first kappa shape index (κ1) is 20.3. The zero-order chi connectivity index (χ0) is 19.8. The van der Waals surface area contributed by atoms with Crippen LogP contribution in [0, 0.1) is 12.8 Å². The Morgan fingerprint density at radius 3 is 2.78 bits per heavy atom. The van der Waals surface area contributed by atoms with E-state index < -0.39 is 15.9 Å². The number of nitrogens with zero attached hydrogens (tertiary/aromatic N) is 3. The van der Waals surface area contributed by atoms with Crippen LogP contribution < -0.4 is 5.32 Å². The van der Waals surface area contributed by atoms with Crippen molar-refractivity contribution in [1.29, 1.82) is 0 Å². The molecule has 1 unspecified atom stereocenters. The number of hydrogen-bond donors (Lipinski definition) is 1. The molecule has 1 N–H and O–H groups in total. The van der Waals surface area contributed by atoms with Crippen LogP contribution in [0.25, 0.3) is 0 Å². The van der Waals surface area contributed by atoms with Crippen LogP contribution in [0.3, 0.4) is 0 Å². The van der Waals surface area contributed by atoms with Crippen LogP contribution in [0.2, 0.25) is 4.34 Å². The molecule has 0 saturated carbocycles. The molecule has 3 rings (SSSR count). The first-order valence-corrected chi connectivity index (χ1v) is 11.4. The van der Waals surface area contributed by atoms with Gasteiger partial charge in [0, 0.05) is 25.2 Å². The number of halogens is 1. The highest BCUT2D eigenvalue weighted by atomic mass is 35.5. The number of nitrogens with one attached hydrogen (secondary N) is 1. The number of aryl methyl sites for hydroxylation is 1. The number of carbonyl (C=O) groups is 1. The third-order valence-corrected chi connectivity index (χ3v) is 8.06. The van der Waals surface area contributed by atoms with Crippen molar-refractivity contribution < 1.29 is 13.2 Å². The van der Waals surface area contributed by atoms with E-state index in [0.717, 1.165) is 17.0 Å². The van der Waals surface area contributed by atoms with Crippen LogP contribution in [0.5, 0.6) is 0 Å². The standard InChI is InChI=1S/C17H23ClN4O3S2/c1-11(2)22-15(9-12(3)20-22)19-17(23)13-5-4-8-21(10-13)27(24,25)16-7-6-14(18)26-16/h6-7,9,11,13H,4-5,8,10H2,1-3H3,(H,19,23). The maximum atomic E-state index is 12.8. The van der Waals surface area contributed by atoms with E-state index in [1.165, 1.54) is 10.4 Å². The molecule has 1 saturated heterocycles. The molecule has 1 aliphatic rings. The summed E-state index contributed by atoms with van der Waals surface area (Å²) in [5.74, 6) is 0.0539. The Bertz CT molecular complexity index is 936. The molecule has 0 aromatic carbocycles. The number of carbonyl (C=O) groups excluding carboxylic acids is 1. The molecule has 0 spiro atoms. The number of sulfonamides is 1. The zero-order valence-corrected chi connectivity index (χ0v) is 17.9. The molecule has 0 radical (unpaired) electrons. The number of piperidine rings is 1. The molecule has 0 bridgehead atoms. The van der Waals surface area contributed by atoms with Gasteiger partial charge in [-0.05, 0) is 45.7 Å². The van der Waals surface area contributed by atoms with E-state index in [1.807, 2.05) is 26.8 Å². The summed E-state index contributed by atoms with van der Waals surface area (Å²) in [6.45, 7) is 6.42. The van der Waals surface area contributed by atoms with Crippen molar-refractivity contribution in [3.63, 3.8) is 0 Å². The fraction of sp³-hybridized carbons (Fsp3) is 0.529. The summed E-state index contributed by atoms with van der Waals surface area (Å²) < 4.78 is 29.4. The van der Waals surface area contributed by atoms with E-state index in [-0.39, 0.29) is 22.7 Å². The molecule has 7 nitrogen and oxygen atoms in total. The second-order valence-corrected chi connectivity index (χ2v) is 10.8. The average molecular weight is 431 g/mol. The van der Waals surface area contributed by atoms with Crippen molar-refractivity contribution >= 4 is 44.7 Å². The molecule has 3 heterocycles. The Kier molecular flexibility index (Phi) is 5.95. The van der Waals surface area contributed by atoms with Gasteiger partial charge >= 0.3 is 0 Å². The van der Waals surface area contributed by atoms with Crippen molar-refractivity contribution in [3.8, 4) is 0 Å². The van der Waals surface area contributed by atoms with Crippen LogP contribution in [-0.2, 0) is 14.8 Å². The van der Waals surface area contributed by atoms with E-state index in [4.69, 9.17) is 11.6 Å². The predicted molar refractivity (Wildman–Crippen MR) is 107 cm³/mol. The van der Waals surface area contributed by atoms with Crippen molar-refractivity contribution in [2.45, 2.75) is 43.9 Å². The zero-order valence-electron chi connectivity index (χ0n) is 15.5. The van der Waals surface area contributed by atoms with Gasteiger partial charge in [0.1, 0.15) is 10.0 Å². The van der Waals surface area contributed by atoms with E-state index >= 15 is 0 Å². The molecule has 1 aliphatic heterocycles. The lowest BCUT2D eigenvalue weighted by Crippen LogP contribution is -2.43. The summed E-state index contributed by atoms with van der Waals surface area (Å²) in [6, 6.07) is 5.02. The Balaban J connectivity index is 1.73. The fourth-order valence-corrected chi connectivity index (χ4v) is 6.33. The Labute approximate surface area is 168 Å². The monoisotopic (exact) mass is 430 g/mol. The van der Waals surface area contributed by atoms with Crippen LogP contribution >= 0.6 is 22.9 Å². The average Bonchev–Trinajstić information content (AvgIpc) is 3.21. The largest absolute Gasteiger partial charge is 0.311 e. The third kappa shape index (κ3) is 4.37. The first-order chi connectivity index (χ1) is 12.7. The van der Waals surface area contributed by atoms with Gasteiger partial charge in [-0.25, -0.2) is 13.1 Å². The lowest BCUT2D eigenvalue weighted by atomic mass is 9.99. The minimum atomic E-state index is -3.63. The van der Waals surface area contributed by atoms with Gasteiger partial charge in [-0.2, -0.15) is 9.40 Å². The van der Waals surface area contributed by atoms with Crippen LogP contribution in [0.4, 0.5) is 5.82 Å². The maximum Gasteiger partial charge on any atom is 0.252 e.